The number of aromatic nitrogens is 2. The molecule has 5 rings (SSSR count). The molecular formula is C21H31N5O2S. The molecule has 2 saturated carbocycles. The summed E-state index contributed by atoms with van der Waals surface area (Å²) < 4.78 is 6.10. The Bertz CT molecular complexity index is 761. The van der Waals surface area contributed by atoms with Crippen LogP contribution in [0.3, 0.4) is 0 Å². The average Bonchev–Trinajstić information content (AvgIpc) is 3.46. The monoisotopic (exact) mass is 417 g/mol. The molecule has 1 aromatic rings. The molecule has 3 fully saturated rings. The van der Waals surface area contributed by atoms with Gasteiger partial charge in [-0.15, -0.1) is 0 Å². The maximum Gasteiger partial charge on any atom is 0.257 e. The number of ether oxygens (including phenoxy) is 1. The Labute approximate surface area is 176 Å². The highest BCUT2D eigenvalue weighted by Gasteiger charge is 2.42. The predicted octanol–water partition coefficient (Wildman–Crippen LogP) is 3.22. The summed E-state index contributed by atoms with van der Waals surface area (Å²) in [5.41, 5.74) is 0.647. The summed E-state index contributed by atoms with van der Waals surface area (Å²) in [6.07, 6.45) is 11.8. The number of thioether (sulfide) groups is 1. The van der Waals surface area contributed by atoms with Gasteiger partial charge in [-0.1, -0.05) is 18.2 Å². The van der Waals surface area contributed by atoms with E-state index >= 15 is 0 Å². The van der Waals surface area contributed by atoms with E-state index in [0.29, 0.717) is 24.3 Å². The van der Waals surface area contributed by atoms with Crippen LogP contribution in [-0.2, 0) is 4.74 Å². The van der Waals surface area contributed by atoms with Crippen LogP contribution in [0.15, 0.2) is 17.4 Å². The zero-order chi connectivity index (χ0) is 19.8. The molecule has 1 aromatic heterocycles. The van der Waals surface area contributed by atoms with Crippen LogP contribution in [0.5, 0.6) is 0 Å². The summed E-state index contributed by atoms with van der Waals surface area (Å²) in [6.45, 7) is 4.27. The largest absolute Gasteiger partial charge is 0.362 e. The first-order valence-electron chi connectivity index (χ1n) is 11.0. The highest BCUT2D eigenvalue weighted by Crippen LogP contribution is 2.45. The van der Waals surface area contributed by atoms with Gasteiger partial charge < -0.3 is 15.0 Å². The molecule has 1 unspecified atom stereocenters. The van der Waals surface area contributed by atoms with Crippen molar-refractivity contribution in [3.05, 3.63) is 18.0 Å². The number of carbonyl (C=O) groups excluding carboxylic acids is 1. The molecule has 1 amide bonds. The van der Waals surface area contributed by atoms with E-state index in [0.717, 1.165) is 49.4 Å². The number of H-pyrrole nitrogens is 1. The Hall–Kier alpha value is -1.54. The van der Waals surface area contributed by atoms with Crippen molar-refractivity contribution in [3.63, 3.8) is 0 Å². The van der Waals surface area contributed by atoms with E-state index in [1.165, 1.54) is 25.7 Å². The second kappa shape index (κ2) is 7.95. The van der Waals surface area contributed by atoms with E-state index in [4.69, 9.17) is 4.74 Å². The minimum atomic E-state index is -0.233. The Balaban J connectivity index is 1.12. The zero-order valence-corrected chi connectivity index (χ0v) is 17.9. The second-order valence-corrected chi connectivity index (χ2v) is 10.8. The van der Waals surface area contributed by atoms with Gasteiger partial charge in [0.05, 0.1) is 11.8 Å². The fourth-order valence-corrected chi connectivity index (χ4v) is 6.83. The van der Waals surface area contributed by atoms with E-state index in [-0.39, 0.29) is 10.8 Å². The lowest BCUT2D eigenvalue weighted by Crippen LogP contribution is -2.44. The average molecular weight is 418 g/mol. The summed E-state index contributed by atoms with van der Waals surface area (Å²) in [7, 11) is 0. The molecule has 2 aliphatic heterocycles. The normalized spacial score (nSPS) is 35.0. The van der Waals surface area contributed by atoms with Gasteiger partial charge in [0.25, 0.3) is 5.91 Å². The van der Waals surface area contributed by atoms with Crippen LogP contribution in [0.4, 0.5) is 0 Å². The topological polar surface area (TPSA) is 82.6 Å². The molecule has 8 heteroatoms. The number of amidine groups is 1. The molecule has 4 aliphatic rings. The van der Waals surface area contributed by atoms with Crippen LogP contribution in [0.25, 0.3) is 0 Å². The number of nitrogens with zero attached hydrogens (tertiary/aromatic N) is 3. The number of hydrogen-bond donors (Lipinski definition) is 2. The van der Waals surface area contributed by atoms with E-state index in [9.17, 15) is 4.79 Å². The molecule has 29 heavy (non-hydrogen) atoms. The van der Waals surface area contributed by atoms with E-state index in [1.807, 2.05) is 4.90 Å². The summed E-state index contributed by atoms with van der Waals surface area (Å²) >= 11 is 1.77. The van der Waals surface area contributed by atoms with Gasteiger partial charge >= 0.3 is 0 Å². The van der Waals surface area contributed by atoms with Gasteiger partial charge in [0.1, 0.15) is 11.7 Å². The zero-order valence-electron chi connectivity index (χ0n) is 17.1. The molecule has 0 aromatic carbocycles. The second-order valence-electron chi connectivity index (χ2n) is 9.32. The molecule has 2 bridgehead atoms. The molecule has 7 nitrogen and oxygen atoms in total. The standard InChI is InChI=1S/C21H31N5O2S/c1-21(10-14-4-6-26(7-5-14)19(27)17-11-23-24-12-17)28-13-22-20(29-21)25-18-9-15-2-3-16(18)8-15/h11-12,14-16,18H,2-10,13H2,1H3,(H,22,25)(H,23,24)/t15-,16+,18+,21?/m1/s1. The van der Waals surface area contributed by atoms with Gasteiger partial charge in [0.2, 0.25) is 0 Å². The van der Waals surface area contributed by atoms with Gasteiger partial charge in [-0.05, 0) is 63.2 Å². The number of likely N-dealkylation sites (tertiary alicyclic amines) is 1. The number of rotatable bonds is 4. The van der Waals surface area contributed by atoms with E-state index in [2.05, 4.69) is 27.4 Å². The summed E-state index contributed by atoms with van der Waals surface area (Å²) in [4.78, 5) is 18.8. The van der Waals surface area contributed by atoms with Crippen LogP contribution in [0.2, 0.25) is 0 Å². The number of nitrogens with one attached hydrogen (secondary N) is 2. The number of carbonyl (C=O) groups is 1. The minimum Gasteiger partial charge on any atom is -0.362 e. The molecule has 0 spiro atoms. The predicted molar refractivity (Wildman–Crippen MR) is 114 cm³/mol. The van der Waals surface area contributed by atoms with Crippen molar-refractivity contribution in [2.24, 2.45) is 22.7 Å². The number of fused-ring (bicyclic) bond motifs is 2. The molecule has 1 saturated heterocycles. The number of piperidine rings is 1. The fraction of sp³-hybridized carbons (Fsp3) is 0.762. The van der Waals surface area contributed by atoms with Gasteiger partial charge in [0, 0.05) is 25.3 Å². The number of amides is 1. The molecule has 158 valence electrons. The van der Waals surface area contributed by atoms with Crippen LogP contribution < -0.4 is 5.32 Å². The number of aromatic amines is 1. The van der Waals surface area contributed by atoms with E-state index in [1.54, 1.807) is 24.2 Å². The first-order chi connectivity index (χ1) is 14.1. The van der Waals surface area contributed by atoms with Crippen molar-refractivity contribution < 1.29 is 9.53 Å². The number of aliphatic imine (C=N–C) groups is 1. The van der Waals surface area contributed by atoms with E-state index < -0.39 is 0 Å². The molecular weight excluding hydrogens is 386 g/mol. The van der Waals surface area contributed by atoms with Gasteiger partial charge in [-0.25, -0.2) is 4.99 Å². The molecule has 2 N–H and O–H groups in total. The first-order valence-corrected chi connectivity index (χ1v) is 11.8. The third-order valence-corrected chi connectivity index (χ3v) is 8.40. The Morgan fingerprint density at radius 2 is 2.21 bits per heavy atom. The summed E-state index contributed by atoms with van der Waals surface area (Å²) in [5, 5.41) is 11.4. The third kappa shape index (κ3) is 4.19. The van der Waals surface area contributed by atoms with Crippen LogP contribution in [0.1, 0.15) is 62.2 Å². The molecule has 3 heterocycles. The summed E-state index contributed by atoms with van der Waals surface area (Å²) in [6, 6.07) is 0.611. The van der Waals surface area contributed by atoms with Crippen LogP contribution in [0, 0.1) is 17.8 Å². The van der Waals surface area contributed by atoms with Crippen LogP contribution >= 0.6 is 11.8 Å². The Morgan fingerprint density at radius 1 is 1.34 bits per heavy atom. The van der Waals surface area contributed by atoms with Crippen molar-refractivity contribution in [1.82, 2.24) is 20.4 Å². The van der Waals surface area contributed by atoms with Crippen LogP contribution in [-0.4, -0.2) is 57.0 Å². The quantitative estimate of drug-likeness (QED) is 0.786. The minimum absolute atomic E-state index is 0.0798. The van der Waals surface area contributed by atoms with Gasteiger partial charge in [-0.3, -0.25) is 9.89 Å². The van der Waals surface area contributed by atoms with Crippen molar-refractivity contribution in [2.75, 3.05) is 19.8 Å². The molecule has 4 atom stereocenters. The lowest BCUT2D eigenvalue weighted by molar-refractivity contribution is 0.0160. The Morgan fingerprint density at radius 3 is 2.90 bits per heavy atom. The van der Waals surface area contributed by atoms with Gasteiger partial charge in [-0.2, -0.15) is 5.10 Å². The lowest BCUT2D eigenvalue weighted by Gasteiger charge is -2.39. The SMILES string of the molecule is CC1(CC2CCN(C(=O)c3cn[nH]c3)CC2)OCN=C(N[C@H]2C[C@@H]3CC[C@H]2C3)S1. The molecule has 0 radical (unpaired) electrons. The lowest BCUT2D eigenvalue weighted by atomic mass is 9.91. The smallest absolute Gasteiger partial charge is 0.257 e. The third-order valence-electron chi connectivity index (χ3n) is 7.24. The maximum absolute atomic E-state index is 12.5. The molecule has 2 aliphatic carbocycles. The Kier molecular flexibility index (Phi) is 5.32. The van der Waals surface area contributed by atoms with Crippen molar-refractivity contribution >= 4 is 22.8 Å². The number of hydrogen-bond acceptors (Lipinski definition) is 6. The fourth-order valence-electron chi connectivity index (χ4n) is 5.66. The highest BCUT2D eigenvalue weighted by atomic mass is 32.2. The van der Waals surface area contributed by atoms with Crippen molar-refractivity contribution in [2.45, 2.75) is 62.8 Å². The van der Waals surface area contributed by atoms with Crippen molar-refractivity contribution in [3.8, 4) is 0 Å². The van der Waals surface area contributed by atoms with Gasteiger partial charge in [0.15, 0.2) is 5.17 Å². The maximum atomic E-state index is 12.5. The highest BCUT2D eigenvalue weighted by molar-refractivity contribution is 8.14. The first kappa shape index (κ1) is 19.4. The van der Waals surface area contributed by atoms with Crippen molar-refractivity contribution in [1.29, 1.82) is 0 Å². The summed E-state index contributed by atoms with van der Waals surface area (Å²) in [5.74, 6) is 2.43.